The maximum absolute atomic E-state index is 13.2. The van der Waals surface area contributed by atoms with Crippen molar-refractivity contribution in [2.75, 3.05) is 13.2 Å². The highest BCUT2D eigenvalue weighted by Crippen LogP contribution is 2.25. The zero-order chi connectivity index (χ0) is 21.8. The number of aliphatic hydroxyl groups is 1. The standard InChI is InChI=1S/C23H27ClN2O4/c1-4-30-20-10-14(2)9-17(11-20)23(29)26-13-19(27)12-21(26)22(28)25-15(3)16-5-7-18(24)8-6-16/h5-11,15,19,21,27H,4,12-13H2,1-3H3,(H,25,28). The topological polar surface area (TPSA) is 78.9 Å². The number of nitrogens with one attached hydrogen (secondary N) is 1. The van der Waals surface area contributed by atoms with E-state index in [9.17, 15) is 14.7 Å². The molecular weight excluding hydrogens is 404 g/mol. The van der Waals surface area contributed by atoms with Crippen LogP contribution in [0.4, 0.5) is 0 Å². The fraction of sp³-hybridized carbons (Fsp3) is 0.391. The molecule has 0 spiro atoms. The minimum absolute atomic E-state index is 0.115. The van der Waals surface area contributed by atoms with Crippen LogP contribution in [0.15, 0.2) is 42.5 Å². The van der Waals surface area contributed by atoms with Crippen molar-refractivity contribution in [3.8, 4) is 5.75 Å². The molecule has 1 saturated heterocycles. The number of amides is 2. The highest BCUT2D eigenvalue weighted by Gasteiger charge is 2.39. The Labute approximate surface area is 181 Å². The van der Waals surface area contributed by atoms with Crippen LogP contribution >= 0.6 is 11.6 Å². The maximum Gasteiger partial charge on any atom is 0.254 e. The first-order valence-electron chi connectivity index (χ1n) is 10.1. The van der Waals surface area contributed by atoms with Crippen LogP contribution in [-0.4, -0.2) is 47.1 Å². The normalized spacial score (nSPS) is 19.4. The molecule has 1 fully saturated rings. The summed E-state index contributed by atoms with van der Waals surface area (Å²) in [7, 11) is 0. The fourth-order valence-electron chi connectivity index (χ4n) is 3.72. The lowest BCUT2D eigenvalue weighted by atomic mass is 10.1. The number of ether oxygens (including phenoxy) is 1. The fourth-order valence-corrected chi connectivity index (χ4v) is 3.84. The molecular formula is C23H27ClN2O4. The average molecular weight is 431 g/mol. The molecule has 3 rings (SSSR count). The Morgan fingerprint density at radius 2 is 1.97 bits per heavy atom. The van der Waals surface area contributed by atoms with Crippen molar-refractivity contribution in [2.45, 2.75) is 45.4 Å². The Morgan fingerprint density at radius 1 is 1.27 bits per heavy atom. The summed E-state index contributed by atoms with van der Waals surface area (Å²) in [6.07, 6.45) is -0.540. The van der Waals surface area contributed by atoms with Gasteiger partial charge in [0.2, 0.25) is 5.91 Å². The molecule has 0 aliphatic carbocycles. The van der Waals surface area contributed by atoms with E-state index in [1.54, 1.807) is 24.3 Å². The second-order valence-electron chi connectivity index (χ2n) is 7.61. The number of likely N-dealkylation sites (tertiary alicyclic amines) is 1. The van der Waals surface area contributed by atoms with Crippen molar-refractivity contribution < 1.29 is 19.4 Å². The van der Waals surface area contributed by atoms with Gasteiger partial charge in [-0.15, -0.1) is 0 Å². The van der Waals surface area contributed by atoms with E-state index in [0.717, 1.165) is 11.1 Å². The largest absolute Gasteiger partial charge is 0.494 e. The molecule has 0 saturated carbocycles. The van der Waals surface area contributed by atoms with E-state index >= 15 is 0 Å². The van der Waals surface area contributed by atoms with Crippen LogP contribution in [0.1, 0.15) is 47.8 Å². The molecule has 2 N–H and O–H groups in total. The van der Waals surface area contributed by atoms with Gasteiger partial charge in [0.15, 0.2) is 0 Å². The van der Waals surface area contributed by atoms with Crippen LogP contribution in [0.25, 0.3) is 0 Å². The number of halogens is 1. The maximum atomic E-state index is 13.2. The molecule has 0 radical (unpaired) electrons. The first-order chi connectivity index (χ1) is 14.3. The number of nitrogens with zero attached hydrogens (tertiary/aromatic N) is 1. The van der Waals surface area contributed by atoms with Crippen molar-refractivity contribution >= 4 is 23.4 Å². The second-order valence-corrected chi connectivity index (χ2v) is 8.05. The van der Waals surface area contributed by atoms with E-state index in [1.807, 2.05) is 39.0 Å². The first kappa shape index (κ1) is 22.1. The summed E-state index contributed by atoms with van der Waals surface area (Å²) in [4.78, 5) is 27.6. The van der Waals surface area contributed by atoms with Crippen molar-refractivity contribution in [3.05, 3.63) is 64.2 Å². The van der Waals surface area contributed by atoms with Gasteiger partial charge in [-0.1, -0.05) is 23.7 Å². The molecule has 2 aromatic carbocycles. The van der Waals surface area contributed by atoms with E-state index < -0.39 is 12.1 Å². The van der Waals surface area contributed by atoms with Gasteiger partial charge >= 0.3 is 0 Å². The van der Waals surface area contributed by atoms with Crippen LogP contribution in [-0.2, 0) is 4.79 Å². The molecule has 6 nitrogen and oxygen atoms in total. The molecule has 3 atom stereocenters. The number of β-amino-alcohol motifs (C(OH)–C–C–N with tert-alkyl or cyclic N) is 1. The number of hydrogen-bond donors (Lipinski definition) is 2. The first-order valence-corrected chi connectivity index (χ1v) is 10.5. The highest BCUT2D eigenvalue weighted by atomic mass is 35.5. The van der Waals surface area contributed by atoms with Crippen molar-refractivity contribution in [1.29, 1.82) is 0 Å². The summed E-state index contributed by atoms with van der Waals surface area (Å²) < 4.78 is 5.54. The summed E-state index contributed by atoms with van der Waals surface area (Å²) in [5.74, 6) is 0.0218. The number of aliphatic hydroxyl groups excluding tert-OH is 1. The van der Waals surface area contributed by atoms with Crippen LogP contribution in [0, 0.1) is 6.92 Å². The molecule has 30 heavy (non-hydrogen) atoms. The smallest absolute Gasteiger partial charge is 0.254 e. The molecule has 0 aromatic heterocycles. The number of benzene rings is 2. The van der Waals surface area contributed by atoms with Gasteiger partial charge < -0.3 is 20.1 Å². The molecule has 2 amide bonds. The van der Waals surface area contributed by atoms with Gasteiger partial charge in [-0.05, 0) is 62.2 Å². The Morgan fingerprint density at radius 3 is 2.63 bits per heavy atom. The van der Waals surface area contributed by atoms with Gasteiger partial charge in [-0.25, -0.2) is 0 Å². The molecule has 1 aliphatic rings. The third kappa shape index (κ3) is 5.12. The zero-order valence-corrected chi connectivity index (χ0v) is 18.1. The summed E-state index contributed by atoms with van der Waals surface area (Å²) in [5, 5.41) is 13.7. The van der Waals surface area contributed by atoms with Crippen LogP contribution in [0.3, 0.4) is 0 Å². The third-order valence-corrected chi connectivity index (χ3v) is 5.43. The van der Waals surface area contributed by atoms with E-state index in [0.29, 0.717) is 22.9 Å². The second kappa shape index (κ2) is 9.49. The molecule has 1 heterocycles. The highest BCUT2D eigenvalue weighted by molar-refractivity contribution is 6.30. The van der Waals surface area contributed by atoms with Crippen LogP contribution in [0.2, 0.25) is 5.02 Å². The van der Waals surface area contributed by atoms with Gasteiger partial charge in [0.1, 0.15) is 11.8 Å². The minimum atomic E-state index is -0.744. The van der Waals surface area contributed by atoms with Crippen LogP contribution < -0.4 is 10.1 Å². The third-order valence-electron chi connectivity index (χ3n) is 5.18. The predicted molar refractivity (Wildman–Crippen MR) is 116 cm³/mol. The van der Waals surface area contributed by atoms with Crippen molar-refractivity contribution in [3.63, 3.8) is 0 Å². The predicted octanol–water partition coefficient (Wildman–Crippen LogP) is 3.50. The summed E-state index contributed by atoms with van der Waals surface area (Å²) in [6.45, 7) is 6.24. The molecule has 0 bridgehead atoms. The van der Waals surface area contributed by atoms with E-state index in [4.69, 9.17) is 16.3 Å². The van der Waals surface area contributed by atoms with Gasteiger partial charge in [-0.2, -0.15) is 0 Å². The van der Waals surface area contributed by atoms with E-state index in [1.165, 1.54) is 4.90 Å². The Balaban J connectivity index is 1.77. The summed E-state index contributed by atoms with van der Waals surface area (Å²) in [5.41, 5.74) is 2.24. The molecule has 2 aromatic rings. The number of aryl methyl sites for hydroxylation is 1. The Bertz CT molecular complexity index is 916. The molecule has 1 aliphatic heterocycles. The number of rotatable bonds is 6. The number of carbonyl (C=O) groups excluding carboxylic acids is 2. The lowest BCUT2D eigenvalue weighted by Gasteiger charge is -2.26. The SMILES string of the molecule is CCOc1cc(C)cc(C(=O)N2CC(O)CC2C(=O)NC(C)c2ccc(Cl)cc2)c1. The minimum Gasteiger partial charge on any atom is -0.494 e. The Hall–Kier alpha value is -2.57. The molecule has 3 unspecified atom stereocenters. The van der Waals surface area contributed by atoms with Crippen molar-refractivity contribution in [1.82, 2.24) is 10.2 Å². The van der Waals surface area contributed by atoms with Gasteiger partial charge in [-0.3, -0.25) is 9.59 Å². The number of carbonyl (C=O) groups is 2. The molecule has 160 valence electrons. The van der Waals surface area contributed by atoms with Gasteiger partial charge in [0.05, 0.1) is 18.8 Å². The lowest BCUT2D eigenvalue weighted by molar-refractivity contribution is -0.125. The van der Waals surface area contributed by atoms with Crippen molar-refractivity contribution in [2.24, 2.45) is 0 Å². The van der Waals surface area contributed by atoms with Crippen LogP contribution in [0.5, 0.6) is 5.75 Å². The molecule has 7 heteroatoms. The number of hydrogen-bond acceptors (Lipinski definition) is 4. The zero-order valence-electron chi connectivity index (χ0n) is 17.4. The lowest BCUT2D eigenvalue weighted by Crippen LogP contribution is -2.46. The quantitative estimate of drug-likeness (QED) is 0.735. The van der Waals surface area contributed by atoms with Gasteiger partial charge in [0, 0.05) is 23.6 Å². The summed E-state index contributed by atoms with van der Waals surface area (Å²) in [6, 6.07) is 11.5. The monoisotopic (exact) mass is 430 g/mol. The van der Waals surface area contributed by atoms with Gasteiger partial charge in [0.25, 0.3) is 5.91 Å². The van der Waals surface area contributed by atoms with E-state index in [-0.39, 0.29) is 30.8 Å². The average Bonchev–Trinajstić information content (AvgIpc) is 3.09. The Kier molecular flexibility index (Phi) is 7.00. The van der Waals surface area contributed by atoms with E-state index in [2.05, 4.69) is 5.32 Å². The summed E-state index contributed by atoms with van der Waals surface area (Å²) >= 11 is 5.93.